The first-order valence-electron chi connectivity index (χ1n) is 6.28. The van der Waals surface area contributed by atoms with Crippen molar-refractivity contribution >= 4 is 0 Å². The lowest BCUT2D eigenvalue weighted by molar-refractivity contribution is 0.367. The van der Waals surface area contributed by atoms with E-state index in [2.05, 4.69) is 20.1 Å². The van der Waals surface area contributed by atoms with Gasteiger partial charge < -0.3 is 15.0 Å². The van der Waals surface area contributed by atoms with Crippen molar-refractivity contribution in [3.8, 4) is 17.4 Å². The van der Waals surface area contributed by atoms with Crippen molar-refractivity contribution in [2.45, 2.75) is 6.04 Å². The van der Waals surface area contributed by atoms with E-state index in [1.807, 2.05) is 30.3 Å². The van der Waals surface area contributed by atoms with Crippen LogP contribution in [0.25, 0.3) is 11.5 Å². The van der Waals surface area contributed by atoms with Crippen LogP contribution in [0.3, 0.4) is 0 Å². The normalized spacial score (nSPS) is 12.1. The predicted molar refractivity (Wildman–Crippen MR) is 74.3 cm³/mol. The van der Waals surface area contributed by atoms with Crippen LogP contribution >= 0.6 is 0 Å². The molecule has 0 unspecified atom stereocenters. The van der Waals surface area contributed by atoms with Crippen LogP contribution in [-0.2, 0) is 0 Å². The molecule has 3 aromatic rings. The van der Waals surface area contributed by atoms with Gasteiger partial charge in [0.05, 0.1) is 7.11 Å². The Balaban J connectivity index is 1.89. The van der Waals surface area contributed by atoms with E-state index in [9.17, 15) is 0 Å². The lowest BCUT2D eigenvalue weighted by Crippen LogP contribution is -2.12. The van der Waals surface area contributed by atoms with Crippen LogP contribution in [0.15, 0.2) is 47.2 Å². The van der Waals surface area contributed by atoms with Crippen molar-refractivity contribution in [2.75, 3.05) is 7.11 Å². The molecule has 0 radical (unpaired) electrons. The van der Waals surface area contributed by atoms with E-state index in [1.54, 1.807) is 6.07 Å². The van der Waals surface area contributed by atoms with Gasteiger partial charge in [0.15, 0.2) is 0 Å². The molecular formula is C14H13N5O2. The summed E-state index contributed by atoms with van der Waals surface area (Å²) in [5.41, 5.74) is 7.52. The summed E-state index contributed by atoms with van der Waals surface area (Å²) in [5.74, 6) is 1.10. The van der Waals surface area contributed by atoms with Gasteiger partial charge in [-0.2, -0.15) is 4.98 Å². The molecule has 7 heteroatoms. The summed E-state index contributed by atoms with van der Waals surface area (Å²) in [7, 11) is 1.53. The summed E-state index contributed by atoms with van der Waals surface area (Å²) < 4.78 is 10.3. The number of aromatic nitrogens is 4. The van der Waals surface area contributed by atoms with E-state index in [0.29, 0.717) is 23.3 Å². The zero-order chi connectivity index (χ0) is 14.7. The molecular weight excluding hydrogens is 270 g/mol. The third-order valence-corrected chi connectivity index (χ3v) is 2.95. The maximum atomic E-state index is 6.11. The highest BCUT2D eigenvalue weighted by Gasteiger charge is 2.18. The van der Waals surface area contributed by atoms with E-state index in [0.717, 1.165) is 5.56 Å². The molecule has 0 bridgehead atoms. The zero-order valence-corrected chi connectivity index (χ0v) is 11.3. The second-order valence-electron chi connectivity index (χ2n) is 4.29. The van der Waals surface area contributed by atoms with Crippen molar-refractivity contribution in [1.82, 2.24) is 20.1 Å². The summed E-state index contributed by atoms with van der Waals surface area (Å²) in [6, 6.07) is 10.7. The molecule has 106 valence electrons. The smallest absolute Gasteiger partial charge is 0.248 e. The van der Waals surface area contributed by atoms with Crippen molar-refractivity contribution in [1.29, 1.82) is 0 Å². The molecule has 3 rings (SSSR count). The molecule has 2 heterocycles. The van der Waals surface area contributed by atoms with Crippen LogP contribution < -0.4 is 10.5 Å². The van der Waals surface area contributed by atoms with Gasteiger partial charge in [-0.15, -0.1) is 0 Å². The topological polar surface area (TPSA) is 100.0 Å². The average Bonchev–Trinajstić information content (AvgIpc) is 3.05. The summed E-state index contributed by atoms with van der Waals surface area (Å²) in [6.07, 6.45) is 1.38. The molecule has 0 aliphatic heterocycles. The first kappa shape index (κ1) is 13.2. The number of hydrogen-bond donors (Lipinski definition) is 1. The quantitative estimate of drug-likeness (QED) is 0.775. The Morgan fingerprint density at radius 1 is 1.19 bits per heavy atom. The van der Waals surface area contributed by atoms with E-state index < -0.39 is 6.04 Å². The number of nitrogens with two attached hydrogens (primary N) is 1. The number of ether oxygens (including phenoxy) is 1. The first-order valence-corrected chi connectivity index (χ1v) is 6.28. The van der Waals surface area contributed by atoms with E-state index in [4.69, 9.17) is 15.0 Å². The fourth-order valence-corrected chi connectivity index (χ4v) is 1.84. The molecule has 0 saturated heterocycles. The SMILES string of the molecule is COc1cc(-c2noc([C@H](N)c3ccccc3)n2)ncn1. The van der Waals surface area contributed by atoms with Gasteiger partial charge in [-0.1, -0.05) is 35.5 Å². The van der Waals surface area contributed by atoms with Crippen molar-refractivity contribution < 1.29 is 9.26 Å². The fraction of sp³-hybridized carbons (Fsp3) is 0.143. The fourth-order valence-electron chi connectivity index (χ4n) is 1.84. The summed E-state index contributed by atoms with van der Waals surface area (Å²) in [4.78, 5) is 12.3. The Morgan fingerprint density at radius 2 is 2.00 bits per heavy atom. The first-order chi connectivity index (χ1) is 10.3. The van der Waals surface area contributed by atoms with Gasteiger partial charge in [-0.05, 0) is 5.56 Å². The average molecular weight is 283 g/mol. The maximum Gasteiger partial charge on any atom is 0.248 e. The standard InChI is InChI=1S/C14H13N5O2/c1-20-11-7-10(16-8-17-11)13-18-14(21-19-13)12(15)9-5-3-2-4-6-9/h2-8,12H,15H2,1H3/t12-/m1/s1. The monoisotopic (exact) mass is 283 g/mol. The highest BCUT2D eigenvalue weighted by Crippen LogP contribution is 2.21. The third kappa shape index (κ3) is 2.72. The highest BCUT2D eigenvalue weighted by molar-refractivity contribution is 5.49. The van der Waals surface area contributed by atoms with Gasteiger partial charge in [-0.25, -0.2) is 9.97 Å². The lowest BCUT2D eigenvalue weighted by Gasteiger charge is -2.05. The van der Waals surface area contributed by atoms with Crippen molar-refractivity contribution in [3.05, 3.63) is 54.2 Å². The van der Waals surface area contributed by atoms with Crippen molar-refractivity contribution in [3.63, 3.8) is 0 Å². The Kier molecular flexibility index (Phi) is 3.57. The van der Waals surface area contributed by atoms with Crippen LogP contribution in [-0.4, -0.2) is 27.2 Å². The third-order valence-electron chi connectivity index (χ3n) is 2.95. The van der Waals surface area contributed by atoms with Gasteiger partial charge in [0, 0.05) is 6.07 Å². The van der Waals surface area contributed by atoms with Gasteiger partial charge >= 0.3 is 0 Å². The zero-order valence-electron chi connectivity index (χ0n) is 11.3. The summed E-state index contributed by atoms with van der Waals surface area (Å²) in [6.45, 7) is 0. The number of hydrogen-bond acceptors (Lipinski definition) is 7. The van der Waals surface area contributed by atoms with Crippen LogP contribution in [0.5, 0.6) is 5.88 Å². The molecule has 0 spiro atoms. The van der Waals surface area contributed by atoms with E-state index in [-0.39, 0.29) is 0 Å². The van der Waals surface area contributed by atoms with Gasteiger partial charge in [0.2, 0.25) is 17.6 Å². The van der Waals surface area contributed by atoms with Crippen LogP contribution in [0.1, 0.15) is 17.5 Å². The molecule has 0 fully saturated rings. The minimum Gasteiger partial charge on any atom is -0.481 e. The Hall–Kier alpha value is -2.80. The minimum absolute atomic E-state index is 0.328. The van der Waals surface area contributed by atoms with E-state index >= 15 is 0 Å². The molecule has 0 amide bonds. The molecule has 2 aromatic heterocycles. The second-order valence-corrected chi connectivity index (χ2v) is 4.29. The number of nitrogens with zero attached hydrogens (tertiary/aromatic N) is 4. The van der Waals surface area contributed by atoms with Crippen LogP contribution in [0.2, 0.25) is 0 Å². The van der Waals surface area contributed by atoms with Crippen LogP contribution in [0.4, 0.5) is 0 Å². The van der Waals surface area contributed by atoms with Crippen molar-refractivity contribution in [2.24, 2.45) is 5.73 Å². The molecule has 0 saturated carbocycles. The van der Waals surface area contributed by atoms with Crippen LogP contribution in [0, 0.1) is 0 Å². The Bertz CT molecular complexity index is 729. The largest absolute Gasteiger partial charge is 0.481 e. The summed E-state index contributed by atoms with van der Waals surface area (Å²) >= 11 is 0. The summed E-state index contributed by atoms with van der Waals surface area (Å²) in [5, 5.41) is 3.90. The molecule has 7 nitrogen and oxygen atoms in total. The molecule has 1 atom stereocenters. The molecule has 1 aromatic carbocycles. The second kappa shape index (κ2) is 5.68. The Labute approximate surface area is 120 Å². The van der Waals surface area contributed by atoms with Gasteiger partial charge in [0.25, 0.3) is 0 Å². The predicted octanol–water partition coefficient (Wildman–Crippen LogP) is 1.58. The van der Waals surface area contributed by atoms with Gasteiger partial charge in [-0.3, -0.25) is 0 Å². The maximum absolute atomic E-state index is 6.11. The van der Waals surface area contributed by atoms with E-state index in [1.165, 1.54) is 13.4 Å². The molecule has 0 aliphatic rings. The number of rotatable bonds is 4. The molecule has 0 aliphatic carbocycles. The number of benzene rings is 1. The minimum atomic E-state index is -0.476. The lowest BCUT2D eigenvalue weighted by atomic mass is 10.1. The Morgan fingerprint density at radius 3 is 2.76 bits per heavy atom. The number of methoxy groups -OCH3 is 1. The molecule has 21 heavy (non-hydrogen) atoms. The molecule has 2 N–H and O–H groups in total. The highest BCUT2D eigenvalue weighted by atomic mass is 16.5. The van der Waals surface area contributed by atoms with Gasteiger partial charge in [0.1, 0.15) is 18.1 Å².